The van der Waals surface area contributed by atoms with Crippen molar-refractivity contribution in [2.45, 2.75) is 181 Å². The lowest BCUT2D eigenvalue weighted by Gasteiger charge is -2.12. The number of rotatable bonds is 48. The number of carbonyl (C=O) groups is 7. The van der Waals surface area contributed by atoms with Gasteiger partial charge in [0.15, 0.2) is 5.78 Å². The highest BCUT2D eigenvalue weighted by Crippen LogP contribution is 2.17. The number of ether oxygens (including phenoxy) is 4. The molecule has 2 amide bonds. The van der Waals surface area contributed by atoms with Gasteiger partial charge in [-0.2, -0.15) is 81.0 Å². The van der Waals surface area contributed by atoms with Crippen LogP contribution in [0.4, 0.5) is 0 Å². The van der Waals surface area contributed by atoms with Gasteiger partial charge >= 0.3 is 17.9 Å². The minimum absolute atomic E-state index is 0. The highest BCUT2D eigenvalue weighted by Gasteiger charge is 2.22. The Hall–Kier alpha value is -1.37. The number of amides is 2. The van der Waals surface area contributed by atoms with Crippen molar-refractivity contribution in [3.63, 3.8) is 0 Å². The van der Waals surface area contributed by atoms with Gasteiger partial charge in [-0.25, -0.2) is 0 Å². The van der Waals surface area contributed by atoms with Crippen molar-refractivity contribution < 1.29 is 69.3 Å². The molecule has 0 saturated heterocycles. The molecule has 0 aliphatic carbocycles. The number of carboxylic acids is 3. The monoisotopic (exact) mass is 1110 g/mol. The van der Waals surface area contributed by atoms with Crippen molar-refractivity contribution in [3.05, 3.63) is 0 Å². The van der Waals surface area contributed by atoms with Gasteiger partial charge < -0.3 is 44.9 Å². The topological polar surface area (TPSA) is 241 Å². The van der Waals surface area contributed by atoms with E-state index in [4.69, 9.17) is 29.2 Å². The van der Waals surface area contributed by atoms with Crippen LogP contribution in [0.15, 0.2) is 0 Å². The van der Waals surface area contributed by atoms with Crippen LogP contribution in [0, 0.1) is 11.8 Å². The van der Waals surface area contributed by atoms with Crippen molar-refractivity contribution in [2.24, 2.45) is 11.8 Å². The summed E-state index contributed by atoms with van der Waals surface area (Å²) in [5.74, 6) is -4.55. The van der Waals surface area contributed by atoms with Crippen LogP contribution in [0.2, 0.25) is 0 Å². The molecule has 0 spiro atoms. The second kappa shape index (κ2) is 62.7. The highest BCUT2D eigenvalue weighted by molar-refractivity contribution is 7.60. The second-order valence-electron chi connectivity index (χ2n) is 16.3. The first-order valence-corrected chi connectivity index (χ1v) is 23.5. The number of carbonyl (C=O) groups excluding carboxylic acids is 4. The Kier molecular flexibility index (Phi) is 76.8. The van der Waals surface area contributed by atoms with E-state index in [-0.39, 0.29) is 185 Å². The van der Waals surface area contributed by atoms with Crippen LogP contribution in [0.1, 0.15) is 183 Å². The van der Waals surface area contributed by atoms with E-state index in [9.17, 15) is 38.7 Å². The Morgan fingerprint density at radius 1 is 0.420 bits per heavy atom. The van der Waals surface area contributed by atoms with Crippen molar-refractivity contribution in [1.82, 2.24) is 10.6 Å². The fourth-order valence-corrected chi connectivity index (χ4v) is 6.63. The molecule has 0 aromatic carbocycles. The summed E-state index contributed by atoms with van der Waals surface area (Å²) in [6.07, 6.45) is 21.6. The van der Waals surface area contributed by atoms with Crippen LogP contribution in [-0.4, -0.2) is 123 Å². The van der Waals surface area contributed by atoms with E-state index >= 15 is 0 Å². The van der Waals surface area contributed by atoms with Gasteiger partial charge in [0.1, 0.15) is 19.0 Å². The molecule has 0 unspecified atom stereocenters. The minimum atomic E-state index is -1.07. The number of ketones is 2. The molecular formula is C47H100N2O14S6. The first kappa shape index (κ1) is 84.4. The predicted molar refractivity (Wildman–Crippen MR) is 306 cm³/mol. The number of hydrogen-bond donors (Lipinski definition) is 5. The molecule has 0 rings (SSSR count). The van der Waals surface area contributed by atoms with Crippen LogP contribution < -0.4 is 10.6 Å². The summed E-state index contributed by atoms with van der Waals surface area (Å²) in [5.41, 5.74) is 0. The van der Waals surface area contributed by atoms with E-state index in [1.807, 2.05) is 0 Å². The fourth-order valence-electron chi connectivity index (χ4n) is 6.63. The van der Waals surface area contributed by atoms with Gasteiger partial charge in [-0.3, -0.25) is 33.6 Å². The summed E-state index contributed by atoms with van der Waals surface area (Å²) in [6, 6.07) is 0. The summed E-state index contributed by atoms with van der Waals surface area (Å²) in [7, 11) is 0. The van der Waals surface area contributed by atoms with E-state index in [1.165, 1.54) is 57.8 Å². The van der Waals surface area contributed by atoms with Crippen molar-refractivity contribution in [3.8, 4) is 0 Å². The third kappa shape index (κ3) is 62.7. The number of hydrogen-bond acceptors (Lipinski definition) is 11. The van der Waals surface area contributed by atoms with Gasteiger partial charge in [0.25, 0.3) is 0 Å². The highest BCUT2D eigenvalue weighted by atomic mass is 32.1. The van der Waals surface area contributed by atoms with Gasteiger partial charge in [-0.05, 0) is 38.5 Å². The van der Waals surface area contributed by atoms with Gasteiger partial charge in [-0.15, -0.1) is 0 Å². The average Bonchev–Trinajstić information content (AvgIpc) is 3.23. The quantitative estimate of drug-likeness (QED) is 0.0359. The van der Waals surface area contributed by atoms with Gasteiger partial charge in [-0.1, -0.05) is 111 Å². The molecule has 16 nitrogen and oxygen atoms in total. The van der Waals surface area contributed by atoms with Crippen molar-refractivity contribution >= 4 is 122 Å². The number of carboxylic acid groups (broad SMARTS) is 3. The Labute approximate surface area is 458 Å². The molecule has 0 heterocycles. The summed E-state index contributed by atoms with van der Waals surface area (Å²) in [6.45, 7) is 3.82. The number of unbranched alkanes of at least 4 members (excludes halogenated alkanes) is 16. The molecule has 0 bridgehead atoms. The number of nitrogens with one attached hydrogen (secondary N) is 2. The van der Waals surface area contributed by atoms with Crippen LogP contribution in [0.25, 0.3) is 0 Å². The first-order chi connectivity index (χ1) is 29.9. The van der Waals surface area contributed by atoms with Crippen LogP contribution in [0.5, 0.6) is 0 Å². The molecule has 418 valence electrons. The summed E-state index contributed by atoms with van der Waals surface area (Å²) in [5, 5.41) is 32.5. The van der Waals surface area contributed by atoms with E-state index < -0.39 is 29.7 Å². The van der Waals surface area contributed by atoms with Gasteiger partial charge in [0.2, 0.25) is 11.8 Å². The lowest BCUT2D eigenvalue weighted by Crippen LogP contribution is -2.29. The summed E-state index contributed by atoms with van der Waals surface area (Å²) >= 11 is 0. The molecule has 0 aromatic rings. The second-order valence-corrected chi connectivity index (χ2v) is 16.3. The molecular weight excluding hydrogens is 1010 g/mol. The molecule has 69 heavy (non-hydrogen) atoms. The van der Waals surface area contributed by atoms with Crippen molar-refractivity contribution in [1.29, 1.82) is 0 Å². The Morgan fingerprint density at radius 2 is 0.855 bits per heavy atom. The standard InChI is InChI=1S/C46H82N2O14.CH4.6H2S.H2/c1-38(45(55)56)21-18-19-27-47-43(52)37-62-34-31-59-29-20-23-41(50)36-61-33-32-60-30-28-48-42(51)26-25-39(46(57)58)35-40(49)22-16-14-12-10-8-6-4-2-3-5-7-9-11-13-15-17-24-44(53)54;;;;;;;;/h38-39H,2-37H2,1H3,(H,47,52)(H,48,51)(H,53,54)(H,55,56)(H,57,58);1H4;6*1H2;1H/t38-,39+;;;;;;;;/m0......../s1. The largest absolute Gasteiger partial charge is 0.481 e. The first-order valence-electron chi connectivity index (χ1n) is 23.5. The zero-order valence-electron chi connectivity index (χ0n) is 40.9. The van der Waals surface area contributed by atoms with E-state index in [0.29, 0.717) is 51.9 Å². The molecule has 0 saturated carbocycles. The lowest BCUT2D eigenvalue weighted by atomic mass is 9.94. The third-order valence-electron chi connectivity index (χ3n) is 10.5. The SMILES string of the molecule is C.C[C@@H](CCCCNC(=O)COCCOCCCC(=O)COCCOCCNC(=O)CC[C@H](CC(=O)CCCCCCCCCCCCCCCCCCC(=O)O)C(=O)O)C(=O)O.S.S.S.S.S.S.[HH]. The normalized spacial score (nSPS) is 10.9. The Bertz CT molecular complexity index is 1240. The molecule has 22 heteroatoms. The maximum absolute atomic E-state index is 12.5. The van der Waals surface area contributed by atoms with Crippen LogP contribution in [0.3, 0.4) is 0 Å². The third-order valence-corrected chi connectivity index (χ3v) is 10.5. The molecule has 2 atom stereocenters. The Morgan fingerprint density at radius 3 is 1.35 bits per heavy atom. The predicted octanol–water partition coefficient (Wildman–Crippen LogP) is 8.63. The van der Waals surface area contributed by atoms with Crippen LogP contribution >= 0.6 is 81.0 Å². The van der Waals surface area contributed by atoms with E-state index in [0.717, 1.165) is 51.4 Å². The van der Waals surface area contributed by atoms with E-state index in [2.05, 4.69) is 10.6 Å². The Balaban J connectivity index is -0.000000664. The maximum Gasteiger partial charge on any atom is 0.306 e. The van der Waals surface area contributed by atoms with Crippen LogP contribution in [-0.2, 0) is 52.5 Å². The molecule has 0 aliphatic rings. The molecule has 0 fully saturated rings. The fraction of sp³-hybridized carbons (Fsp3) is 0.851. The minimum Gasteiger partial charge on any atom is -0.481 e. The molecule has 0 aromatic heterocycles. The van der Waals surface area contributed by atoms with Gasteiger partial charge in [0, 0.05) is 53.2 Å². The van der Waals surface area contributed by atoms with Crippen molar-refractivity contribution in [2.75, 3.05) is 65.9 Å². The number of Topliss-reactive ketones (excluding diaryl/α,β-unsaturated/α-hetero) is 2. The number of aliphatic carboxylic acids is 3. The zero-order chi connectivity index (χ0) is 45.9. The maximum atomic E-state index is 12.5. The molecule has 0 radical (unpaired) electrons. The summed E-state index contributed by atoms with van der Waals surface area (Å²) < 4.78 is 21.5. The summed E-state index contributed by atoms with van der Waals surface area (Å²) in [4.78, 5) is 81.5. The molecule has 5 N–H and O–H groups in total. The zero-order valence-corrected chi connectivity index (χ0v) is 46.9. The average molecular weight is 1110 g/mol. The van der Waals surface area contributed by atoms with Gasteiger partial charge in [0.05, 0.1) is 44.9 Å². The smallest absolute Gasteiger partial charge is 0.306 e. The molecule has 0 aliphatic heterocycles. The van der Waals surface area contributed by atoms with E-state index in [1.54, 1.807) is 6.92 Å². The lowest BCUT2D eigenvalue weighted by molar-refractivity contribution is -0.144.